The molecule has 0 bridgehead atoms. The zero-order valence-corrected chi connectivity index (χ0v) is 23.6. The molecule has 2 aromatic rings. The molecule has 1 atom stereocenters. The number of piperazine rings is 1. The summed E-state index contributed by atoms with van der Waals surface area (Å²) in [6.45, 7) is 4.18. The van der Waals surface area contributed by atoms with Gasteiger partial charge >= 0.3 is 18.0 Å². The van der Waals surface area contributed by atoms with Crippen molar-refractivity contribution in [2.45, 2.75) is 18.9 Å². The lowest BCUT2D eigenvalue weighted by molar-refractivity contribution is -0.135. The van der Waals surface area contributed by atoms with Crippen molar-refractivity contribution >= 4 is 36.5 Å². The van der Waals surface area contributed by atoms with Gasteiger partial charge in [0.2, 0.25) is 5.91 Å². The van der Waals surface area contributed by atoms with E-state index in [9.17, 15) is 19.2 Å². The minimum atomic E-state index is -1.26. The average Bonchev–Trinajstić information content (AvgIpc) is 2.95. The van der Waals surface area contributed by atoms with Gasteiger partial charge in [-0.15, -0.1) is 0 Å². The van der Waals surface area contributed by atoms with Crippen molar-refractivity contribution in [3.63, 3.8) is 0 Å². The number of urea groups is 1. The zero-order valence-electron chi connectivity index (χ0n) is 22.7. The smallest absolute Gasteiger partial charge is 0.328 e. The third kappa shape index (κ3) is 12.4. The van der Waals surface area contributed by atoms with E-state index in [-0.39, 0.29) is 11.9 Å². The van der Waals surface area contributed by atoms with Crippen LogP contribution in [0.15, 0.2) is 72.8 Å². The predicted molar refractivity (Wildman–Crippen MR) is 157 cm³/mol. The molecule has 0 spiro atoms. The first kappa shape index (κ1) is 32.4. The molecule has 3 N–H and O–H groups in total. The molecule has 40 heavy (non-hydrogen) atoms. The summed E-state index contributed by atoms with van der Waals surface area (Å²) in [6.07, 6.45) is 2.35. The summed E-state index contributed by atoms with van der Waals surface area (Å²) >= 11 is 4.34. The van der Waals surface area contributed by atoms with Crippen molar-refractivity contribution in [1.82, 2.24) is 20.0 Å². The summed E-state index contributed by atoms with van der Waals surface area (Å²) in [5, 5.41) is 18.7. The van der Waals surface area contributed by atoms with Crippen molar-refractivity contribution in [2.75, 3.05) is 52.1 Å². The van der Waals surface area contributed by atoms with Crippen LogP contribution in [0.4, 0.5) is 4.79 Å². The molecule has 3 amide bonds. The summed E-state index contributed by atoms with van der Waals surface area (Å²) < 4.78 is 0. The fraction of sp³-hybridized carbons (Fsp3) is 0.379. The second-order valence-corrected chi connectivity index (χ2v) is 9.72. The maximum atomic E-state index is 13.4. The van der Waals surface area contributed by atoms with Gasteiger partial charge in [-0.3, -0.25) is 4.79 Å². The molecule has 1 fully saturated rings. The number of carboxylic acid groups (broad SMARTS) is 2. The molecule has 1 saturated heterocycles. The molecule has 0 aromatic heterocycles. The van der Waals surface area contributed by atoms with E-state index < -0.39 is 18.0 Å². The second-order valence-electron chi connectivity index (χ2n) is 9.28. The molecule has 0 aliphatic carbocycles. The summed E-state index contributed by atoms with van der Waals surface area (Å²) in [7, 11) is 2.06. The van der Waals surface area contributed by atoms with Gasteiger partial charge < -0.3 is 30.2 Å². The number of rotatable bonds is 11. The van der Waals surface area contributed by atoms with Gasteiger partial charge in [0.1, 0.15) is 6.04 Å². The fourth-order valence-electron chi connectivity index (χ4n) is 4.02. The number of nitrogens with zero attached hydrogens (tertiary/aromatic N) is 3. The van der Waals surface area contributed by atoms with E-state index >= 15 is 0 Å². The Kier molecular flexibility index (Phi) is 14.3. The monoisotopic (exact) mass is 570 g/mol. The average molecular weight is 571 g/mol. The molecule has 2 aromatic carbocycles. The topological polar surface area (TPSA) is 130 Å². The van der Waals surface area contributed by atoms with Crippen LogP contribution in [0.1, 0.15) is 11.1 Å². The summed E-state index contributed by atoms with van der Waals surface area (Å²) in [5.41, 5.74) is 2.21. The summed E-state index contributed by atoms with van der Waals surface area (Å²) in [5.74, 6) is -1.96. The van der Waals surface area contributed by atoms with Gasteiger partial charge in [0.15, 0.2) is 0 Å². The van der Waals surface area contributed by atoms with E-state index in [2.05, 4.69) is 42.0 Å². The highest BCUT2D eigenvalue weighted by atomic mass is 32.1. The number of benzene rings is 2. The molecular formula is C29H38N4O6S. The van der Waals surface area contributed by atoms with Crippen molar-refractivity contribution in [1.29, 1.82) is 0 Å². The molecule has 1 aliphatic rings. The number of likely N-dealkylation sites (N-methyl/N-ethyl adjacent to an activating group) is 1. The van der Waals surface area contributed by atoms with Crippen LogP contribution in [0.5, 0.6) is 0 Å². The van der Waals surface area contributed by atoms with E-state index in [4.69, 9.17) is 10.2 Å². The van der Waals surface area contributed by atoms with E-state index in [1.807, 2.05) is 53.4 Å². The van der Waals surface area contributed by atoms with Crippen molar-refractivity contribution in [3.8, 4) is 0 Å². The maximum Gasteiger partial charge on any atom is 0.328 e. The highest BCUT2D eigenvalue weighted by Gasteiger charge is 2.29. The molecular weight excluding hydrogens is 532 g/mol. The van der Waals surface area contributed by atoms with Crippen molar-refractivity contribution < 1.29 is 29.4 Å². The van der Waals surface area contributed by atoms with Crippen LogP contribution < -0.4 is 5.32 Å². The highest BCUT2D eigenvalue weighted by molar-refractivity contribution is 7.80. The van der Waals surface area contributed by atoms with Crippen LogP contribution in [-0.2, 0) is 27.2 Å². The van der Waals surface area contributed by atoms with Gasteiger partial charge in [0.25, 0.3) is 0 Å². The molecule has 1 unspecified atom stereocenters. The largest absolute Gasteiger partial charge is 0.478 e. The molecule has 0 saturated carbocycles. The zero-order chi connectivity index (χ0) is 29.3. The first-order valence-electron chi connectivity index (χ1n) is 13.0. The third-order valence-corrected chi connectivity index (χ3v) is 6.43. The molecule has 10 nitrogen and oxygen atoms in total. The summed E-state index contributed by atoms with van der Waals surface area (Å²) in [6, 6.07) is 19.2. The van der Waals surface area contributed by atoms with Gasteiger partial charge in [-0.1, -0.05) is 60.7 Å². The molecule has 11 heteroatoms. The lowest BCUT2D eigenvalue weighted by atomic mass is 10.0. The first-order valence-corrected chi connectivity index (χ1v) is 13.7. The minimum Gasteiger partial charge on any atom is -0.478 e. The Hall–Kier alpha value is -3.83. The van der Waals surface area contributed by atoms with E-state index in [1.165, 1.54) is 5.56 Å². The lowest BCUT2D eigenvalue weighted by Gasteiger charge is -2.35. The molecule has 3 rings (SSSR count). The minimum absolute atomic E-state index is 0.0100. The SMILES string of the molecule is CN1CCN(C(=O)C(Cc2ccccc2)NC(=O)N(CCS)CCc2ccccc2)CC1.O=C(O)/C=C/C(=O)O. The molecule has 1 heterocycles. The fourth-order valence-corrected chi connectivity index (χ4v) is 4.27. The molecule has 0 radical (unpaired) electrons. The van der Waals surface area contributed by atoms with Gasteiger partial charge in [-0.2, -0.15) is 12.6 Å². The second kappa shape index (κ2) is 17.7. The Balaban J connectivity index is 0.000000611. The van der Waals surface area contributed by atoms with Crippen molar-refractivity contribution in [2.24, 2.45) is 0 Å². The number of aliphatic carboxylic acids is 2. The molecule has 1 aliphatic heterocycles. The number of carboxylic acids is 2. The third-order valence-electron chi connectivity index (χ3n) is 6.23. The standard InChI is InChI=1S/C25H34N4O2S.C4H4O4/c1-27-14-16-28(17-15-27)24(30)23(20-22-10-6-3-7-11-22)26-25(31)29(18-19-32)13-12-21-8-4-2-5-9-21;5-3(6)1-2-4(7)8/h2-11,23,32H,12-20H2,1H3,(H,26,31);1-2H,(H,5,6)(H,7,8)/b;2-1+. The number of carbonyl (C=O) groups excluding carboxylic acids is 2. The maximum absolute atomic E-state index is 13.4. The Morgan fingerprint density at radius 2 is 1.40 bits per heavy atom. The number of hydrogen-bond acceptors (Lipinski definition) is 6. The van der Waals surface area contributed by atoms with Crippen LogP contribution in [0.2, 0.25) is 0 Å². The van der Waals surface area contributed by atoms with E-state index in [0.717, 1.165) is 25.1 Å². The number of carbonyl (C=O) groups is 4. The number of thiol groups is 1. The van der Waals surface area contributed by atoms with E-state index in [0.29, 0.717) is 50.5 Å². The van der Waals surface area contributed by atoms with E-state index in [1.54, 1.807) is 4.90 Å². The van der Waals surface area contributed by atoms with Crippen LogP contribution in [0.3, 0.4) is 0 Å². The normalized spacial score (nSPS) is 14.1. The predicted octanol–water partition coefficient (Wildman–Crippen LogP) is 2.27. The van der Waals surface area contributed by atoms with Crippen LogP contribution in [-0.4, -0.2) is 107 Å². The van der Waals surface area contributed by atoms with Crippen molar-refractivity contribution in [3.05, 3.63) is 83.9 Å². The van der Waals surface area contributed by atoms with Gasteiger partial charge in [0.05, 0.1) is 0 Å². The first-order chi connectivity index (χ1) is 19.2. The Morgan fingerprint density at radius 3 is 1.90 bits per heavy atom. The van der Waals surface area contributed by atoms with Crippen LogP contribution in [0.25, 0.3) is 0 Å². The number of amides is 3. The van der Waals surface area contributed by atoms with Gasteiger partial charge in [-0.25, -0.2) is 14.4 Å². The molecule has 216 valence electrons. The Morgan fingerprint density at radius 1 is 0.875 bits per heavy atom. The highest BCUT2D eigenvalue weighted by Crippen LogP contribution is 2.10. The van der Waals surface area contributed by atoms with Gasteiger partial charge in [-0.05, 0) is 24.6 Å². The van der Waals surface area contributed by atoms with Crippen LogP contribution >= 0.6 is 12.6 Å². The number of nitrogens with one attached hydrogen (secondary N) is 1. The summed E-state index contributed by atoms with van der Waals surface area (Å²) in [4.78, 5) is 51.5. The van der Waals surface area contributed by atoms with Gasteiger partial charge in [0, 0.05) is 63.6 Å². The van der Waals surface area contributed by atoms with Crippen LogP contribution in [0, 0.1) is 0 Å². The number of hydrogen-bond donors (Lipinski definition) is 4. The quantitative estimate of drug-likeness (QED) is 0.241. The Labute approximate surface area is 240 Å². The lowest BCUT2D eigenvalue weighted by Crippen LogP contribution is -2.57. The Bertz CT molecular complexity index is 1090.